The lowest BCUT2D eigenvalue weighted by molar-refractivity contribution is -0.119. The van der Waals surface area contributed by atoms with Crippen LogP contribution in [0.15, 0.2) is 24.4 Å². The van der Waals surface area contributed by atoms with E-state index in [-0.39, 0.29) is 6.04 Å². The van der Waals surface area contributed by atoms with Gasteiger partial charge in [0.2, 0.25) is 0 Å². The third kappa shape index (κ3) is 2.80. The molecule has 1 N–H and O–H groups in total. The number of ketones is 1. The first-order chi connectivity index (χ1) is 12.1. The highest BCUT2D eigenvalue weighted by molar-refractivity contribution is 6.45. The normalized spacial score (nSPS) is 25.1. The Morgan fingerprint density at radius 3 is 2.64 bits per heavy atom. The molecule has 1 unspecified atom stereocenters. The summed E-state index contributed by atoms with van der Waals surface area (Å²) in [6.07, 6.45) is 3.93. The molecule has 4 heterocycles. The second-order valence-electron chi connectivity index (χ2n) is 7.08. The van der Waals surface area contributed by atoms with Crippen LogP contribution in [0.5, 0.6) is 5.75 Å². The lowest BCUT2D eigenvalue weighted by Gasteiger charge is -2.44. The van der Waals surface area contributed by atoms with Crippen LogP contribution >= 0.6 is 0 Å². The van der Waals surface area contributed by atoms with E-state index in [1.165, 1.54) is 0 Å². The van der Waals surface area contributed by atoms with Crippen LogP contribution < -0.4 is 10.1 Å². The van der Waals surface area contributed by atoms with Gasteiger partial charge in [-0.3, -0.25) is 9.59 Å². The van der Waals surface area contributed by atoms with Crippen molar-refractivity contribution in [2.45, 2.75) is 18.9 Å². The highest BCUT2D eigenvalue weighted by Crippen LogP contribution is 2.28. The molecule has 1 amide bonds. The first kappa shape index (κ1) is 16.1. The molecule has 0 aliphatic carbocycles. The topological polar surface area (TPSA) is 63.6 Å². The number of hydrogen-bond donors (Lipinski definition) is 1. The number of aromatic nitrogens is 1. The third-order valence-corrected chi connectivity index (χ3v) is 5.62. The maximum Gasteiger partial charge on any atom is 0.292 e. The Kier molecular flexibility index (Phi) is 4.00. The van der Waals surface area contributed by atoms with Gasteiger partial charge in [-0.05, 0) is 50.0 Å². The molecule has 132 valence electrons. The fourth-order valence-corrected chi connectivity index (χ4v) is 4.16. The average molecular weight is 341 g/mol. The molecule has 1 atom stereocenters. The van der Waals surface area contributed by atoms with E-state index in [4.69, 9.17) is 4.74 Å². The van der Waals surface area contributed by atoms with Gasteiger partial charge >= 0.3 is 0 Å². The molecule has 3 saturated heterocycles. The van der Waals surface area contributed by atoms with Gasteiger partial charge in [0.1, 0.15) is 5.75 Å². The molecule has 0 saturated carbocycles. The fourth-order valence-electron chi connectivity index (χ4n) is 4.16. The molecule has 1 aromatic heterocycles. The van der Waals surface area contributed by atoms with Crippen molar-refractivity contribution < 1.29 is 14.3 Å². The van der Waals surface area contributed by atoms with Gasteiger partial charge in [0.05, 0.1) is 12.7 Å². The molecular formula is C19H23N3O3. The summed E-state index contributed by atoms with van der Waals surface area (Å²) in [6, 6.07) is 5.65. The second kappa shape index (κ2) is 6.19. The number of aryl methyl sites for hydroxylation is 1. The molecule has 0 radical (unpaired) electrons. The van der Waals surface area contributed by atoms with Gasteiger partial charge in [-0.25, -0.2) is 0 Å². The Hall–Kier alpha value is -2.34. The van der Waals surface area contributed by atoms with Gasteiger partial charge in [0.15, 0.2) is 0 Å². The van der Waals surface area contributed by atoms with E-state index < -0.39 is 11.7 Å². The Morgan fingerprint density at radius 2 is 2.00 bits per heavy atom. The number of carbonyl (C=O) groups is 2. The smallest absolute Gasteiger partial charge is 0.292 e. The first-order valence-corrected chi connectivity index (χ1v) is 8.77. The summed E-state index contributed by atoms with van der Waals surface area (Å²) in [4.78, 5) is 27.7. The molecule has 3 fully saturated rings. The maximum atomic E-state index is 12.8. The monoisotopic (exact) mass is 341 g/mol. The maximum absolute atomic E-state index is 12.8. The minimum Gasteiger partial charge on any atom is -0.497 e. The van der Waals surface area contributed by atoms with Crippen molar-refractivity contribution in [3.05, 3.63) is 30.0 Å². The Bertz CT molecular complexity index is 834. The van der Waals surface area contributed by atoms with Crippen LogP contribution in [0.25, 0.3) is 10.9 Å². The minimum atomic E-state index is -0.505. The lowest BCUT2D eigenvalue weighted by Crippen LogP contribution is -2.58. The predicted molar refractivity (Wildman–Crippen MR) is 94.9 cm³/mol. The van der Waals surface area contributed by atoms with E-state index in [2.05, 4.69) is 10.2 Å². The van der Waals surface area contributed by atoms with E-state index in [1.54, 1.807) is 13.3 Å². The van der Waals surface area contributed by atoms with Crippen LogP contribution in [0.1, 0.15) is 23.2 Å². The van der Waals surface area contributed by atoms with Gasteiger partial charge in [-0.1, -0.05) is 0 Å². The number of rotatable bonds is 4. The summed E-state index contributed by atoms with van der Waals surface area (Å²) in [5.41, 5.74) is 1.33. The number of fused-ring (bicyclic) bond motifs is 4. The van der Waals surface area contributed by atoms with E-state index >= 15 is 0 Å². The van der Waals surface area contributed by atoms with Crippen molar-refractivity contribution in [1.29, 1.82) is 0 Å². The molecule has 1 aromatic carbocycles. The quantitative estimate of drug-likeness (QED) is 0.677. The number of methoxy groups -OCH3 is 1. The van der Waals surface area contributed by atoms with Gasteiger partial charge in [-0.15, -0.1) is 0 Å². The molecule has 6 heteroatoms. The second-order valence-corrected chi connectivity index (χ2v) is 7.08. The Morgan fingerprint density at radius 1 is 1.24 bits per heavy atom. The lowest BCUT2D eigenvalue weighted by atomic mass is 9.84. The number of Topliss-reactive ketones (excluding diaryl/α,β-unsaturated/α-hetero) is 1. The largest absolute Gasteiger partial charge is 0.497 e. The fraction of sp³-hybridized carbons (Fsp3) is 0.474. The van der Waals surface area contributed by atoms with Gasteiger partial charge in [0, 0.05) is 36.7 Å². The first-order valence-electron chi connectivity index (χ1n) is 8.77. The van der Waals surface area contributed by atoms with Crippen molar-refractivity contribution in [2.24, 2.45) is 13.0 Å². The van der Waals surface area contributed by atoms with Crippen LogP contribution in [-0.4, -0.2) is 53.9 Å². The Labute approximate surface area is 146 Å². The summed E-state index contributed by atoms with van der Waals surface area (Å²) >= 11 is 0. The van der Waals surface area contributed by atoms with E-state index in [1.807, 2.05) is 29.8 Å². The van der Waals surface area contributed by atoms with Crippen LogP contribution in [0.4, 0.5) is 0 Å². The average Bonchev–Trinajstić information content (AvgIpc) is 2.98. The summed E-state index contributed by atoms with van der Waals surface area (Å²) in [7, 11) is 3.46. The molecule has 3 aliphatic rings. The number of nitrogens with zero attached hydrogens (tertiary/aromatic N) is 2. The van der Waals surface area contributed by atoms with E-state index in [0.717, 1.165) is 43.4 Å². The zero-order valence-corrected chi connectivity index (χ0v) is 14.6. The minimum absolute atomic E-state index is 0.0865. The molecule has 2 bridgehead atoms. The summed E-state index contributed by atoms with van der Waals surface area (Å²) in [6.45, 7) is 3.06. The van der Waals surface area contributed by atoms with Crippen molar-refractivity contribution in [2.75, 3.05) is 26.7 Å². The number of nitrogens with one attached hydrogen (secondary N) is 1. The van der Waals surface area contributed by atoms with Crippen molar-refractivity contribution >= 4 is 22.6 Å². The number of ether oxygens (including phenoxy) is 1. The van der Waals surface area contributed by atoms with Crippen LogP contribution in [0, 0.1) is 5.92 Å². The van der Waals surface area contributed by atoms with E-state index in [0.29, 0.717) is 17.2 Å². The van der Waals surface area contributed by atoms with Crippen LogP contribution in [-0.2, 0) is 11.8 Å². The third-order valence-electron chi connectivity index (χ3n) is 5.62. The van der Waals surface area contributed by atoms with Crippen LogP contribution in [0.3, 0.4) is 0 Å². The Balaban J connectivity index is 1.58. The summed E-state index contributed by atoms with van der Waals surface area (Å²) in [5.74, 6) is 0.185. The van der Waals surface area contributed by atoms with E-state index in [9.17, 15) is 9.59 Å². The van der Waals surface area contributed by atoms with Crippen molar-refractivity contribution in [1.82, 2.24) is 14.8 Å². The number of carbonyl (C=O) groups excluding carboxylic acids is 2. The van der Waals surface area contributed by atoms with Gasteiger partial charge in [0.25, 0.3) is 11.7 Å². The standard InChI is InChI=1S/C19H23N3O3/c1-21-10-15(14-9-13(25-2)3-4-17(14)21)18(23)19(24)20-16-11-22-7-5-12(16)6-8-22/h3-4,9-10,12,16H,5-8,11H2,1-2H3,(H,20,24). The number of piperidine rings is 3. The van der Waals surface area contributed by atoms with Crippen molar-refractivity contribution in [3.63, 3.8) is 0 Å². The zero-order chi connectivity index (χ0) is 17.6. The molecule has 3 aliphatic heterocycles. The van der Waals surface area contributed by atoms with Crippen molar-refractivity contribution in [3.8, 4) is 5.75 Å². The zero-order valence-electron chi connectivity index (χ0n) is 14.6. The highest BCUT2D eigenvalue weighted by atomic mass is 16.5. The molecular weight excluding hydrogens is 318 g/mol. The van der Waals surface area contributed by atoms with Gasteiger partial charge in [-0.2, -0.15) is 0 Å². The van der Waals surface area contributed by atoms with Crippen LogP contribution in [0.2, 0.25) is 0 Å². The SMILES string of the molecule is COc1ccc2c(c1)c(C(=O)C(=O)NC1CN3CCC1CC3)cn2C. The molecule has 6 nitrogen and oxygen atoms in total. The number of benzene rings is 1. The molecule has 5 rings (SSSR count). The molecule has 2 aromatic rings. The number of amides is 1. The molecule has 0 spiro atoms. The summed E-state index contributed by atoms with van der Waals surface area (Å²) < 4.78 is 7.12. The molecule has 25 heavy (non-hydrogen) atoms. The van der Waals surface area contributed by atoms with Gasteiger partial charge < -0.3 is 19.5 Å². The summed E-state index contributed by atoms with van der Waals surface area (Å²) in [5, 5.41) is 3.73. The number of hydrogen-bond acceptors (Lipinski definition) is 4. The predicted octanol–water partition coefficient (Wildman–Crippen LogP) is 1.58. The highest BCUT2D eigenvalue weighted by Gasteiger charge is 2.36.